The molecule has 8 nitrogen and oxygen atoms in total. The van der Waals surface area contributed by atoms with Crippen molar-refractivity contribution in [1.82, 2.24) is 14.2 Å². The van der Waals surface area contributed by atoms with Gasteiger partial charge in [0, 0.05) is 19.6 Å². The van der Waals surface area contributed by atoms with Gasteiger partial charge in [-0.2, -0.15) is 0 Å². The van der Waals surface area contributed by atoms with Gasteiger partial charge < -0.3 is 9.73 Å². The summed E-state index contributed by atoms with van der Waals surface area (Å²) in [6.45, 7) is 1.43. The summed E-state index contributed by atoms with van der Waals surface area (Å²) in [5.41, 5.74) is 1.05. The highest BCUT2D eigenvalue weighted by Crippen LogP contribution is 2.33. The number of carbonyl (C=O) groups excluding carboxylic acids is 1. The molecule has 1 aliphatic carbocycles. The van der Waals surface area contributed by atoms with Crippen molar-refractivity contribution in [3.63, 3.8) is 0 Å². The molecule has 146 valence electrons. The Morgan fingerprint density at radius 2 is 1.85 bits per heavy atom. The van der Waals surface area contributed by atoms with Crippen LogP contribution in [0.25, 0.3) is 11.1 Å². The van der Waals surface area contributed by atoms with Crippen LogP contribution in [0.15, 0.2) is 33.5 Å². The molecule has 1 amide bonds. The second kappa shape index (κ2) is 7.12. The molecule has 2 aliphatic rings. The number of amides is 1. The van der Waals surface area contributed by atoms with Crippen LogP contribution < -0.4 is 11.1 Å². The first-order valence-electron chi connectivity index (χ1n) is 9.29. The topological polar surface area (TPSA) is 102 Å². The molecule has 2 aromatic rings. The number of para-hydroxylation sites is 2. The normalized spacial score (nSPS) is 19.4. The number of fused-ring (bicyclic) bond motifs is 1. The fraction of sp³-hybridized carbons (Fsp3) is 0.556. The first-order chi connectivity index (χ1) is 12.9. The largest absolute Gasteiger partial charge is 0.420 e. The van der Waals surface area contributed by atoms with Gasteiger partial charge in [0.15, 0.2) is 5.58 Å². The number of carbonyl (C=O) groups is 1. The van der Waals surface area contributed by atoms with E-state index < -0.39 is 15.8 Å². The summed E-state index contributed by atoms with van der Waals surface area (Å²) in [5, 5.41) is 2.69. The van der Waals surface area contributed by atoms with Gasteiger partial charge in [0.1, 0.15) is 6.54 Å². The average molecular weight is 393 g/mol. The van der Waals surface area contributed by atoms with Gasteiger partial charge in [0.25, 0.3) is 0 Å². The number of sulfonamides is 1. The predicted molar refractivity (Wildman–Crippen MR) is 99.7 cm³/mol. The van der Waals surface area contributed by atoms with E-state index in [2.05, 4.69) is 5.32 Å². The minimum Gasteiger partial charge on any atom is -0.408 e. The molecule has 0 atom stereocenters. The van der Waals surface area contributed by atoms with Gasteiger partial charge in [0.05, 0.1) is 10.8 Å². The maximum absolute atomic E-state index is 12.3. The number of piperidine rings is 1. The molecule has 27 heavy (non-hydrogen) atoms. The van der Waals surface area contributed by atoms with Crippen LogP contribution in [-0.4, -0.2) is 48.1 Å². The maximum Gasteiger partial charge on any atom is 0.420 e. The van der Waals surface area contributed by atoms with Crippen LogP contribution in [0.4, 0.5) is 0 Å². The first kappa shape index (κ1) is 18.2. The Morgan fingerprint density at radius 1 is 1.15 bits per heavy atom. The maximum atomic E-state index is 12.3. The van der Waals surface area contributed by atoms with E-state index in [4.69, 9.17) is 4.42 Å². The quantitative estimate of drug-likeness (QED) is 0.786. The molecule has 1 N–H and O–H groups in total. The summed E-state index contributed by atoms with van der Waals surface area (Å²) in [6, 6.07) is 6.98. The highest BCUT2D eigenvalue weighted by Gasteiger charge is 2.41. The summed E-state index contributed by atoms with van der Waals surface area (Å²) >= 11 is 0. The van der Waals surface area contributed by atoms with Gasteiger partial charge in [0.2, 0.25) is 15.9 Å². The molecule has 0 unspecified atom stereocenters. The van der Waals surface area contributed by atoms with Gasteiger partial charge in [-0.05, 0) is 43.7 Å². The molecule has 1 aromatic heterocycles. The third-order valence-electron chi connectivity index (χ3n) is 5.34. The lowest BCUT2D eigenvalue weighted by Crippen LogP contribution is -2.43. The standard InChI is InChI=1S/C18H23N3O5S/c22-17(12-21-15-3-1-2-4-16(15)26-18(21)23)19-11-13-7-9-20(10-8-13)27(24,25)14-5-6-14/h1-4,13-14H,5-12H2,(H,19,22). The molecule has 1 saturated carbocycles. The molecule has 1 aliphatic heterocycles. The summed E-state index contributed by atoms with van der Waals surface area (Å²) in [6.07, 6.45) is 3.03. The van der Waals surface area contributed by atoms with E-state index in [0.717, 1.165) is 25.7 Å². The Morgan fingerprint density at radius 3 is 2.56 bits per heavy atom. The summed E-state index contributed by atoms with van der Waals surface area (Å²) < 4.78 is 32.5. The molecule has 0 spiro atoms. The second-order valence-electron chi connectivity index (χ2n) is 7.31. The molecule has 9 heteroatoms. The molecule has 2 fully saturated rings. The molecule has 2 heterocycles. The Bertz CT molecular complexity index is 997. The minimum absolute atomic E-state index is 0.0925. The van der Waals surface area contributed by atoms with Crippen molar-refractivity contribution in [2.75, 3.05) is 19.6 Å². The molecule has 1 aromatic carbocycles. The Balaban J connectivity index is 1.29. The van der Waals surface area contributed by atoms with Crippen molar-refractivity contribution < 1.29 is 17.6 Å². The number of benzene rings is 1. The molecule has 1 saturated heterocycles. The van der Waals surface area contributed by atoms with Gasteiger partial charge in [-0.3, -0.25) is 9.36 Å². The first-order valence-corrected chi connectivity index (χ1v) is 10.8. The van der Waals surface area contributed by atoms with Crippen LogP contribution in [0.3, 0.4) is 0 Å². The van der Waals surface area contributed by atoms with Gasteiger partial charge in [-0.25, -0.2) is 17.5 Å². The van der Waals surface area contributed by atoms with Crippen LogP contribution >= 0.6 is 0 Å². The lowest BCUT2D eigenvalue weighted by molar-refractivity contribution is -0.121. The Labute approximate surface area is 157 Å². The second-order valence-corrected chi connectivity index (χ2v) is 9.53. The highest BCUT2D eigenvalue weighted by atomic mass is 32.2. The lowest BCUT2D eigenvalue weighted by Gasteiger charge is -2.31. The van der Waals surface area contributed by atoms with Crippen molar-refractivity contribution in [3.05, 3.63) is 34.8 Å². The van der Waals surface area contributed by atoms with Crippen LogP contribution in [0.5, 0.6) is 0 Å². The minimum atomic E-state index is -3.11. The van der Waals surface area contributed by atoms with Crippen molar-refractivity contribution >= 4 is 27.0 Å². The van der Waals surface area contributed by atoms with Crippen molar-refractivity contribution in [1.29, 1.82) is 0 Å². The number of nitrogens with zero attached hydrogens (tertiary/aromatic N) is 2. The number of hydrogen-bond donors (Lipinski definition) is 1. The number of oxazole rings is 1. The third kappa shape index (κ3) is 3.79. The predicted octanol–water partition coefficient (Wildman–Crippen LogP) is 0.915. The monoisotopic (exact) mass is 393 g/mol. The number of hydrogen-bond acceptors (Lipinski definition) is 5. The average Bonchev–Trinajstić information content (AvgIpc) is 3.47. The van der Waals surface area contributed by atoms with Gasteiger partial charge in [-0.15, -0.1) is 0 Å². The van der Waals surface area contributed by atoms with Crippen molar-refractivity contribution in [3.8, 4) is 0 Å². The van der Waals surface area contributed by atoms with Crippen LogP contribution in [-0.2, 0) is 21.4 Å². The molecule has 0 bridgehead atoms. The number of nitrogens with one attached hydrogen (secondary N) is 1. The van der Waals surface area contributed by atoms with Gasteiger partial charge >= 0.3 is 5.76 Å². The van der Waals surface area contributed by atoms with Crippen LogP contribution in [0, 0.1) is 5.92 Å². The molecular formula is C18H23N3O5S. The molecule has 4 rings (SSSR count). The molecule has 0 radical (unpaired) electrons. The van der Waals surface area contributed by atoms with E-state index in [1.54, 1.807) is 28.6 Å². The Kier molecular flexibility index (Phi) is 4.81. The van der Waals surface area contributed by atoms with E-state index in [1.165, 1.54) is 4.57 Å². The van der Waals surface area contributed by atoms with E-state index in [-0.39, 0.29) is 23.6 Å². The van der Waals surface area contributed by atoms with Crippen LogP contribution in [0.2, 0.25) is 0 Å². The van der Waals surface area contributed by atoms with Crippen molar-refractivity contribution in [2.24, 2.45) is 5.92 Å². The lowest BCUT2D eigenvalue weighted by atomic mass is 9.98. The Hall–Kier alpha value is -2.13. The van der Waals surface area contributed by atoms with Crippen LogP contribution in [0.1, 0.15) is 25.7 Å². The van der Waals surface area contributed by atoms with E-state index in [1.807, 2.05) is 0 Å². The van der Waals surface area contributed by atoms with E-state index in [9.17, 15) is 18.0 Å². The third-order valence-corrected chi connectivity index (χ3v) is 7.74. The SMILES string of the molecule is O=C(Cn1c(=O)oc2ccccc21)NCC1CCN(S(=O)(=O)C2CC2)CC1. The van der Waals surface area contributed by atoms with Crippen molar-refractivity contribution in [2.45, 2.75) is 37.5 Å². The summed E-state index contributed by atoms with van der Waals surface area (Å²) in [7, 11) is -3.11. The van der Waals surface area contributed by atoms with Gasteiger partial charge in [-0.1, -0.05) is 12.1 Å². The zero-order valence-electron chi connectivity index (χ0n) is 15.0. The smallest absolute Gasteiger partial charge is 0.408 e. The fourth-order valence-electron chi connectivity index (χ4n) is 3.57. The fourth-order valence-corrected chi connectivity index (χ4v) is 5.44. The molecular weight excluding hydrogens is 370 g/mol. The summed E-state index contributed by atoms with van der Waals surface area (Å²) in [5.74, 6) is -0.556. The van der Waals surface area contributed by atoms with E-state index >= 15 is 0 Å². The number of aromatic nitrogens is 1. The highest BCUT2D eigenvalue weighted by molar-refractivity contribution is 7.90. The number of rotatable bonds is 6. The zero-order chi connectivity index (χ0) is 19.0. The van der Waals surface area contributed by atoms with E-state index in [0.29, 0.717) is 30.7 Å². The summed E-state index contributed by atoms with van der Waals surface area (Å²) in [4.78, 5) is 24.2. The zero-order valence-corrected chi connectivity index (χ0v) is 15.8.